The predicted octanol–water partition coefficient (Wildman–Crippen LogP) is 6.66. The molecule has 0 radical (unpaired) electrons. The average Bonchev–Trinajstić information content (AvgIpc) is 4.02. The van der Waals surface area contributed by atoms with Crippen LogP contribution in [-0.2, 0) is 16.0 Å². The van der Waals surface area contributed by atoms with Crippen molar-refractivity contribution in [2.75, 3.05) is 44.0 Å². The van der Waals surface area contributed by atoms with Gasteiger partial charge in [0.15, 0.2) is 17.3 Å². The molecular weight excluding hydrogens is 735 g/mol. The zero-order valence-corrected chi connectivity index (χ0v) is 32.7. The van der Waals surface area contributed by atoms with E-state index in [2.05, 4.69) is 86.6 Å². The van der Waals surface area contributed by atoms with Crippen LogP contribution in [0, 0.1) is 0 Å². The molecule has 2 aromatic carbocycles. The van der Waals surface area contributed by atoms with Crippen molar-refractivity contribution in [1.82, 2.24) is 40.5 Å². The summed E-state index contributed by atoms with van der Waals surface area (Å²) in [6, 6.07) is 15.0. The van der Waals surface area contributed by atoms with Gasteiger partial charge in [0.25, 0.3) is 0 Å². The molecule has 15 heteroatoms. The van der Waals surface area contributed by atoms with Gasteiger partial charge in [0, 0.05) is 74.7 Å². The molecule has 13 nitrogen and oxygen atoms in total. The normalized spacial score (nSPS) is 17.9. The second kappa shape index (κ2) is 16.9. The minimum absolute atomic E-state index is 0.0440. The lowest BCUT2D eigenvalue weighted by molar-refractivity contribution is -0.121. The number of carbonyl (C=O) groups excluding carboxylic acids is 2. The summed E-state index contributed by atoms with van der Waals surface area (Å²) < 4.78 is 15.1. The van der Waals surface area contributed by atoms with E-state index in [1.165, 1.54) is 10.3 Å². The van der Waals surface area contributed by atoms with Gasteiger partial charge in [-0.05, 0) is 62.9 Å². The van der Waals surface area contributed by atoms with E-state index in [1.54, 1.807) is 11.3 Å². The zero-order chi connectivity index (χ0) is 37.7. The molecule has 288 valence electrons. The first-order chi connectivity index (χ1) is 26.9. The second-order valence-electron chi connectivity index (χ2n) is 14.3. The van der Waals surface area contributed by atoms with Crippen LogP contribution in [0.2, 0.25) is 0 Å². The number of anilines is 1. The lowest BCUT2D eigenvalue weighted by Gasteiger charge is -2.16. The Kier molecular flexibility index (Phi) is 11.4. The lowest BCUT2D eigenvalue weighted by atomic mass is 10.0. The van der Waals surface area contributed by atoms with Crippen LogP contribution in [0.25, 0.3) is 43.5 Å². The van der Waals surface area contributed by atoms with Crippen LogP contribution in [0.5, 0.6) is 5.75 Å². The number of carbonyl (C=O) groups is 2. The van der Waals surface area contributed by atoms with Crippen LogP contribution in [0.3, 0.4) is 0 Å². The van der Waals surface area contributed by atoms with Gasteiger partial charge in [-0.25, -0.2) is 19.7 Å². The summed E-state index contributed by atoms with van der Waals surface area (Å²) >= 11 is 3.61. The van der Waals surface area contributed by atoms with Gasteiger partial charge in [-0.15, -0.1) is 11.3 Å². The van der Waals surface area contributed by atoms with Gasteiger partial charge < -0.3 is 40.3 Å². The summed E-state index contributed by atoms with van der Waals surface area (Å²) in [4.78, 5) is 42.0. The molecule has 0 aliphatic carbocycles. The highest BCUT2D eigenvalue weighted by Crippen LogP contribution is 2.35. The van der Waals surface area contributed by atoms with Crippen LogP contribution in [0.1, 0.15) is 51.1 Å². The maximum atomic E-state index is 12.3. The average molecular weight is 782 g/mol. The van der Waals surface area contributed by atoms with Crippen molar-refractivity contribution in [1.29, 1.82) is 0 Å². The van der Waals surface area contributed by atoms with Crippen molar-refractivity contribution in [2.45, 2.75) is 69.3 Å². The molecule has 3 atom stereocenters. The zero-order valence-electron chi connectivity index (χ0n) is 31.1. The summed E-state index contributed by atoms with van der Waals surface area (Å²) in [5.41, 5.74) is 4.83. The van der Waals surface area contributed by atoms with E-state index in [1.807, 2.05) is 30.2 Å². The van der Waals surface area contributed by atoms with Crippen LogP contribution in [0.4, 0.5) is 10.6 Å². The van der Waals surface area contributed by atoms with Crippen molar-refractivity contribution in [3.63, 3.8) is 0 Å². The number of thiophene rings is 1. The minimum Gasteiger partial charge on any atom is -0.491 e. The highest BCUT2D eigenvalue weighted by atomic mass is 32.2. The number of ether oxygens (including phenoxy) is 2. The third kappa shape index (κ3) is 8.38. The van der Waals surface area contributed by atoms with E-state index >= 15 is 0 Å². The highest BCUT2D eigenvalue weighted by Gasteiger charge is 2.42. The topological polar surface area (TPSA) is 160 Å². The van der Waals surface area contributed by atoms with Gasteiger partial charge in [0.1, 0.15) is 17.9 Å². The number of imidazole rings is 1. The molecular formula is C40H47N9O4S2. The molecule has 2 saturated heterocycles. The molecule has 55 heavy (non-hydrogen) atoms. The van der Waals surface area contributed by atoms with Crippen LogP contribution in [-0.4, -0.2) is 92.4 Å². The molecule has 2 aliphatic heterocycles. The molecule has 5 N–H and O–H groups in total. The number of benzene rings is 2. The summed E-state index contributed by atoms with van der Waals surface area (Å²) in [6.45, 7) is 6.66. The lowest BCUT2D eigenvalue weighted by Crippen LogP contribution is -2.36. The Labute approximate surface area is 327 Å². The number of rotatable bonds is 18. The van der Waals surface area contributed by atoms with Gasteiger partial charge in [-0.2, -0.15) is 11.8 Å². The quantitative estimate of drug-likeness (QED) is 0.0475. The summed E-state index contributed by atoms with van der Waals surface area (Å²) in [5.74, 6) is 3.20. The Morgan fingerprint density at radius 3 is 2.87 bits per heavy atom. The number of nitrogens with zero attached hydrogens (tertiary/aromatic N) is 4. The molecule has 0 bridgehead atoms. The van der Waals surface area contributed by atoms with Crippen molar-refractivity contribution in [3.8, 4) is 17.1 Å². The number of nitrogens with one attached hydrogen (secondary N) is 5. The molecule has 0 saturated carbocycles. The Morgan fingerprint density at radius 1 is 1.05 bits per heavy atom. The number of amides is 3. The summed E-state index contributed by atoms with van der Waals surface area (Å²) in [6.07, 6.45) is 7.99. The fourth-order valence-electron chi connectivity index (χ4n) is 7.40. The highest BCUT2D eigenvalue weighted by molar-refractivity contribution is 8.00. The number of hydrogen-bond acceptors (Lipinski definition) is 10. The van der Waals surface area contributed by atoms with Gasteiger partial charge in [-0.3, -0.25) is 4.79 Å². The third-order valence-electron chi connectivity index (χ3n) is 10.3. The molecule has 6 heterocycles. The first-order valence-corrected chi connectivity index (χ1v) is 21.0. The van der Waals surface area contributed by atoms with Gasteiger partial charge in [0.05, 0.1) is 31.6 Å². The minimum atomic E-state index is -0.0587. The second-order valence-corrected chi connectivity index (χ2v) is 16.5. The summed E-state index contributed by atoms with van der Waals surface area (Å²) in [7, 11) is 0. The number of thioether (sulfide) groups is 1. The smallest absolute Gasteiger partial charge is 0.315 e. The molecule has 4 aromatic heterocycles. The Bertz CT molecular complexity index is 2280. The van der Waals surface area contributed by atoms with Gasteiger partial charge >= 0.3 is 6.03 Å². The van der Waals surface area contributed by atoms with E-state index < -0.39 is 0 Å². The number of hydrogen-bond donors (Lipinski definition) is 5. The van der Waals surface area contributed by atoms with Crippen LogP contribution >= 0.6 is 23.1 Å². The first-order valence-electron chi connectivity index (χ1n) is 19.1. The molecule has 0 unspecified atom stereocenters. The number of aromatic nitrogens is 5. The molecule has 2 fully saturated rings. The molecule has 8 rings (SSSR count). The molecule has 6 aromatic rings. The maximum absolute atomic E-state index is 12.3. The Hall–Kier alpha value is -4.86. The number of aromatic amines is 1. The molecule has 2 aliphatic rings. The van der Waals surface area contributed by atoms with Crippen molar-refractivity contribution >= 4 is 73.0 Å². The van der Waals surface area contributed by atoms with Crippen molar-refractivity contribution in [3.05, 3.63) is 65.9 Å². The van der Waals surface area contributed by atoms with Gasteiger partial charge in [-0.1, -0.05) is 24.6 Å². The number of H-pyrrole nitrogens is 1. The van der Waals surface area contributed by atoms with E-state index in [9.17, 15) is 9.59 Å². The number of fused-ring (bicyclic) bond motifs is 4. The van der Waals surface area contributed by atoms with E-state index in [0.717, 1.165) is 76.0 Å². The Balaban J connectivity index is 0.783. The van der Waals surface area contributed by atoms with E-state index in [0.29, 0.717) is 50.4 Å². The van der Waals surface area contributed by atoms with E-state index in [4.69, 9.17) is 24.4 Å². The summed E-state index contributed by atoms with van der Waals surface area (Å²) in [5, 5.41) is 17.3. The van der Waals surface area contributed by atoms with E-state index in [-0.39, 0.29) is 30.1 Å². The predicted molar refractivity (Wildman–Crippen MR) is 220 cm³/mol. The molecule has 0 spiro atoms. The maximum Gasteiger partial charge on any atom is 0.315 e. The van der Waals surface area contributed by atoms with Crippen LogP contribution in [0.15, 0.2) is 60.4 Å². The SMILES string of the molecule is CC(C)n1cnc2c(NCCc3c[nH]c4ccc(OCCOCCNC(=O)CCCC[C@@H]5SC[C@@H]6NC(=O)N[C@@H]65)cc34)nc(-c3csc4ccccc34)nc21. The number of urea groups is 1. The van der Waals surface area contributed by atoms with Crippen molar-refractivity contribution in [2.24, 2.45) is 0 Å². The van der Waals surface area contributed by atoms with Gasteiger partial charge in [0.2, 0.25) is 5.91 Å². The fourth-order valence-corrected chi connectivity index (χ4v) is 9.89. The largest absolute Gasteiger partial charge is 0.491 e. The first kappa shape index (κ1) is 37.1. The van der Waals surface area contributed by atoms with Crippen molar-refractivity contribution < 1.29 is 19.1 Å². The number of unbranched alkanes of at least 4 members (excludes halogenated alkanes) is 1. The molecule has 3 amide bonds. The Morgan fingerprint density at radius 2 is 1.96 bits per heavy atom. The monoisotopic (exact) mass is 781 g/mol. The van der Waals surface area contributed by atoms with Crippen LogP contribution < -0.4 is 26.0 Å². The standard InChI is InChI=1S/C40H47N9O4S2/c1-24(2)49-23-44-36-38(47-37(48-39(36)49)29-21-54-32-8-4-3-7-27(29)32)42-14-13-25-20-43-30-12-11-26(19-28(25)30)53-18-17-52-16-15-41-34(50)10-6-5-9-33-35-31(22-55-33)45-40(51)46-35/h3-4,7-8,11-12,19-21,23-24,31,33,35,43H,5-6,9-10,13-18,22H2,1-2H3,(H,41,50)(H,42,47,48)(H2,45,46,51)/t31-,33-,35-/m0/s1. The fraction of sp³-hybridized carbons (Fsp3) is 0.425. The third-order valence-corrected chi connectivity index (χ3v) is 12.7.